The number of hydrogen-bond donors (Lipinski definition) is 1. The fourth-order valence-corrected chi connectivity index (χ4v) is 4.00. The van der Waals surface area contributed by atoms with Crippen LogP contribution in [-0.2, 0) is 9.59 Å². The van der Waals surface area contributed by atoms with E-state index in [1.54, 1.807) is 49.4 Å². The van der Waals surface area contributed by atoms with Crippen molar-refractivity contribution in [2.75, 3.05) is 19.1 Å². The third-order valence-electron chi connectivity index (χ3n) is 5.51. The van der Waals surface area contributed by atoms with Crippen molar-refractivity contribution in [1.82, 2.24) is 0 Å². The molecule has 1 N–H and O–H groups in total. The summed E-state index contributed by atoms with van der Waals surface area (Å²) in [7, 11) is 2.90. The Morgan fingerprint density at radius 3 is 2.16 bits per heavy atom. The van der Waals surface area contributed by atoms with Gasteiger partial charge in [0.05, 0.1) is 19.8 Å². The Kier molecular flexibility index (Phi) is 5.48. The Bertz CT molecular complexity index is 1220. The van der Waals surface area contributed by atoms with Gasteiger partial charge in [0.15, 0.2) is 0 Å². The number of furan rings is 1. The summed E-state index contributed by atoms with van der Waals surface area (Å²) >= 11 is 0. The predicted molar refractivity (Wildman–Crippen MR) is 119 cm³/mol. The number of aliphatic hydroxyl groups is 1. The zero-order valence-electron chi connectivity index (χ0n) is 18.2. The first-order chi connectivity index (χ1) is 15.4. The molecule has 4 rings (SSSR count). The van der Waals surface area contributed by atoms with Gasteiger partial charge in [-0.15, -0.1) is 0 Å². The van der Waals surface area contributed by atoms with Crippen molar-refractivity contribution < 1.29 is 28.6 Å². The lowest BCUT2D eigenvalue weighted by Crippen LogP contribution is -2.29. The Balaban J connectivity index is 2.02. The number of hydrogen-bond acceptors (Lipinski definition) is 6. The van der Waals surface area contributed by atoms with Crippen LogP contribution in [0.1, 0.15) is 28.7 Å². The molecule has 32 heavy (non-hydrogen) atoms. The number of para-hydroxylation sites is 1. The summed E-state index contributed by atoms with van der Waals surface area (Å²) in [6.07, 6.45) is 0. The summed E-state index contributed by atoms with van der Waals surface area (Å²) in [5.41, 5.74) is 1.45. The van der Waals surface area contributed by atoms with E-state index in [1.807, 2.05) is 19.1 Å². The lowest BCUT2D eigenvalue weighted by Gasteiger charge is -2.25. The van der Waals surface area contributed by atoms with E-state index in [4.69, 9.17) is 13.9 Å². The molecule has 1 aromatic heterocycles. The fraction of sp³-hybridized carbons (Fsp3) is 0.200. The molecule has 1 aliphatic heterocycles. The quantitative estimate of drug-likeness (QED) is 0.361. The molecule has 1 amide bonds. The molecule has 1 fully saturated rings. The number of Topliss-reactive ketones (excluding diaryl/α,β-unsaturated/α-hetero) is 1. The standard InChI is InChI=1S/C25H23NO6/c1-14-8-5-6-9-16(14)26-22(19-13-12-15(2)32-19)21(24(28)25(26)29)23(27)20-17(30-3)10-7-11-18(20)31-4/h5-13,22,27H,1-4H3/b23-21+. The second kappa shape index (κ2) is 8.26. The van der Waals surface area contributed by atoms with Gasteiger partial charge in [0.2, 0.25) is 0 Å². The first-order valence-corrected chi connectivity index (χ1v) is 10.0. The van der Waals surface area contributed by atoms with Crippen molar-refractivity contribution in [3.63, 3.8) is 0 Å². The Hall–Kier alpha value is -4.00. The second-order valence-corrected chi connectivity index (χ2v) is 7.44. The summed E-state index contributed by atoms with van der Waals surface area (Å²) in [4.78, 5) is 27.9. The van der Waals surface area contributed by atoms with Crippen LogP contribution in [0.15, 0.2) is 64.6 Å². The third kappa shape index (κ3) is 3.32. The largest absolute Gasteiger partial charge is 0.506 e. The normalized spacial score (nSPS) is 17.6. The number of anilines is 1. The van der Waals surface area contributed by atoms with E-state index >= 15 is 0 Å². The average Bonchev–Trinajstić information content (AvgIpc) is 3.34. The molecule has 2 heterocycles. The fourth-order valence-electron chi connectivity index (χ4n) is 4.00. The van der Waals surface area contributed by atoms with Crippen LogP contribution in [0.5, 0.6) is 11.5 Å². The van der Waals surface area contributed by atoms with Gasteiger partial charge in [0.25, 0.3) is 11.7 Å². The number of methoxy groups -OCH3 is 2. The second-order valence-electron chi connectivity index (χ2n) is 7.44. The van der Waals surface area contributed by atoms with Gasteiger partial charge in [-0.2, -0.15) is 0 Å². The number of benzene rings is 2. The van der Waals surface area contributed by atoms with Gasteiger partial charge in [-0.3, -0.25) is 14.5 Å². The van der Waals surface area contributed by atoms with Gasteiger partial charge in [-0.25, -0.2) is 0 Å². The molecule has 0 bridgehead atoms. The minimum absolute atomic E-state index is 0.101. The van der Waals surface area contributed by atoms with E-state index in [0.717, 1.165) is 5.56 Å². The van der Waals surface area contributed by atoms with E-state index in [1.165, 1.54) is 19.1 Å². The molecule has 0 spiro atoms. The lowest BCUT2D eigenvalue weighted by atomic mass is 9.98. The minimum atomic E-state index is -0.959. The minimum Gasteiger partial charge on any atom is -0.506 e. The highest BCUT2D eigenvalue weighted by atomic mass is 16.5. The van der Waals surface area contributed by atoms with Crippen LogP contribution in [0.4, 0.5) is 5.69 Å². The molecular weight excluding hydrogens is 410 g/mol. The molecule has 0 radical (unpaired) electrons. The van der Waals surface area contributed by atoms with E-state index in [9.17, 15) is 14.7 Å². The maximum atomic E-state index is 13.3. The molecular formula is C25H23NO6. The van der Waals surface area contributed by atoms with Gasteiger partial charge in [-0.05, 0) is 49.7 Å². The molecule has 3 aromatic rings. The number of aryl methyl sites for hydroxylation is 2. The molecule has 164 valence electrons. The predicted octanol–water partition coefficient (Wildman–Crippen LogP) is 4.54. The zero-order valence-corrected chi connectivity index (χ0v) is 18.2. The number of ether oxygens (including phenoxy) is 2. The molecule has 1 aliphatic rings. The smallest absolute Gasteiger partial charge is 0.300 e. The zero-order chi connectivity index (χ0) is 23.0. The summed E-state index contributed by atoms with van der Waals surface area (Å²) < 4.78 is 16.6. The first-order valence-electron chi connectivity index (χ1n) is 10.0. The molecule has 1 atom stereocenters. The maximum Gasteiger partial charge on any atom is 0.300 e. The van der Waals surface area contributed by atoms with Crippen molar-refractivity contribution in [1.29, 1.82) is 0 Å². The Labute approximate surface area is 185 Å². The van der Waals surface area contributed by atoms with Crippen LogP contribution in [0.25, 0.3) is 5.76 Å². The Morgan fingerprint density at radius 1 is 0.938 bits per heavy atom. The van der Waals surface area contributed by atoms with E-state index < -0.39 is 23.5 Å². The van der Waals surface area contributed by atoms with Crippen molar-refractivity contribution in [3.05, 3.63) is 82.8 Å². The summed E-state index contributed by atoms with van der Waals surface area (Å²) in [6.45, 7) is 3.62. The van der Waals surface area contributed by atoms with Gasteiger partial charge in [0.1, 0.15) is 40.4 Å². The number of ketones is 1. The molecule has 1 saturated heterocycles. The molecule has 1 unspecified atom stereocenters. The number of carbonyl (C=O) groups excluding carboxylic acids is 2. The van der Waals surface area contributed by atoms with Crippen LogP contribution in [0, 0.1) is 13.8 Å². The van der Waals surface area contributed by atoms with Crippen LogP contribution in [0.3, 0.4) is 0 Å². The van der Waals surface area contributed by atoms with Crippen molar-refractivity contribution in [2.45, 2.75) is 19.9 Å². The van der Waals surface area contributed by atoms with Gasteiger partial charge >= 0.3 is 0 Å². The summed E-state index contributed by atoms with van der Waals surface area (Å²) in [5, 5.41) is 11.4. The van der Waals surface area contributed by atoms with Crippen molar-refractivity contribution in [3.8, 4) is 11.5 Å². The summed E-state index contributed by atoms with van der Waals surface area (Å²) in [5.74, 6) is -0.387. The van der Waals surface area contributed by atoms with Crippen molar-refractivity contribution >= 4 is 23.1 Å². The van der Waals surface area contributed by atoms with E-state index in [0.29, 0.717) is 28.7 Å². The highest BCUT2D eigenvalue weighted by Gasteiger charge is 2.49. The monoisotopic (exact) mass is 433 g/mol. The summed E-state index contributed by atoms with van der Waals surface area (Å²) in [6, 6.07) is 14.7. The number of amides is 1. The topological polar surface area (TPSA) is 89.2 Å². The van der Waals surface area contributed by atoms with Gasteiger partial charge < -0.3 is 19.0 Å². The maximum absolute atomic E-state index is 13.3. The Morgan fingerprint density at radius 2 is 1.59 bits per heavy atom. The SMILES string of the molecule is COc1cccc(OC)c1/C(O)=C1\C(=O)C(=O)N(c2ccccc2C)C1c1ccc(C)o1. The average molecular weight is 433 g/mol. The number of aliphatic hydroxyl groups excluding tert-OH is 1. The molecule has 0 saturated carbocycles. The number of nitrogens with zero attached hydrogens (tertiary/aromatic N) is 1. The van der Waals surface area contributed by atoms with Crippen LogP contribution in [-0.4, -0.2) is 31.0 Å². The van der Waals surface area contributed by atoms with Crippen LogP contribution >= 0.6 is 0 Å². The van der Waals surface area contributed by atoms with Gasteiger partial charge in [-0.1, -0.05) is 24.3 Å². The third-order valence-corrected chi connectivity index (χ3v) is 5.51. The number of carbonyl (C=O) groups is 2. The molecule has 7 nitrogen and oxygen atoms in total. The van der Waals surface area contributed by atoms with Crippen molar-refractivity contribution in [2.24, 2.45) is 0 Å². The van der Waals surface area contributed by atoms with Crippen LogP contribution in [0.2, 0.25) is 0 Å². The van der Waals surface area contributed by atoms with Crippen LogP contribution < -0.4 is 14.4 Å². The van der Waals surface area contributed by atoms with E-state index in [2.05, 4.69) is 0 Å². The molecule has 7 heteroatoms. The van der Waals surface area contributed by atoms with Gasteiger partial charge in [0, 0.05) is 5.69 Å². The first kappa shape index (κ1) is 21.2. The highest BCUT2D eigenvalue weighted by Crippen LogP contribution is 2.45. The molecule has 2 aromatic carbocycles. The lowest BCUT2D eigenvalue weighted by molar-refractivity contribution is -0.132. The highest BCUT2D eigenvalue weighted by molar-refractivity contribution is 6.51. The van der Waals surface area contributed by atoms with E-state index in [-0.39, 0.29) is 11.1 Å². The number of rotatable bonds is 5. The molecule has 0 aliphatic carbocycles.